The molecule has 1 saturated carbocycles. The highest BCUT2D eigenvalue weighted by atomic mass is 16.3. The van der Waals surface area contributed by atoms with Crippen LogP contribution >= 0.6 is 0 Å². The molecule has 0 saturated heterocycles. The van der Waals surface area contributed by atoms with E-state index >= 15 is 0 Å². The van der Waals surface area contributed by atoms with Crippen LogP contribution in [-0.4, -0.2) is 29.7 Å². The zero-order chi connectivity index (χ0) is 14.4. The fourth-order valence-electron chi connectivity index (χ4n) is 3.05. The zero-order valence-electron chi connectivity index (χ0n) is 12.5. The van der Waals surface area contributed by atoms with Gasteiger partial charge in [0, 0.05) is 18.6 Å². The molecule has 4 nitrogen and oxygen atoms in total. The van der Waals surface area contributed by atoms with Gasteiger partial charge in [0.25, 0.3) is 0 Å². The molecule has 112 valence electrons. The van der Waals surface area contributed by atoms with Gasteiger partial charge in [0.05, 0.1) is 0 Å². The molecule has 19 heavy (non-hydrogen) atoms. The molecule has 1 fully saturated rings. The van der Waals surface area contributed by atoms with Gasteiger partial charge >= 0.3 is 0 Å². The Morgan fingerprint density at radius 1 is 1.37 bits per heavy atom. The van der Waals surface area contributed by atoms with Gasteiger partial charge in [0.1, 0.15) is 0 Å². The Morgan fingerprint density at radius 3 is 2.47 bits per heavy atom. The van der Waals surface area contributed by atoms with E-state index in [-0.39, 0.29) is 23.5 Å². The number of nitrogens with one attached hydrogen (secondary N) is 1. The number of nitrogens with two attached hydrogens (primary N) is 1. The molecule has 0 bridgehead atoms. The molecule has 1 aliphatic carbocycles. The van der Waals surface area contributed by atoms with Gasteiger partial charge in [-0.15, -0.1) is 0 Å². The Labute approximate surface area is 117 Å². The number of amides is 1. The summed E-state index contributed by atoms with van der Waals surface area (Å²) in [6, 6.07) is 0. The molecule has 1 atom stereocenters. The van der Waals surface area contributed by atoms with Crippen molar-refractivity contribution < 1.29 is 9.90 Å². The van der Waals surface area contributed by atoms with E-state index in [1.165, 1.54) is 19.3 Å². The molecule has 0 heterocycles. The molecule has 4 N–H and O–H groups in total. The summed E-state index contributed by atoms with van der Waals surface area (Å²) in [6.07, 6.45) is 7.74. The monoisotopic (exact) mass is 270 g/mol. The van der Waals surface area contributed by atoms with Crippen LogP contribution in [0.25, 0.3) is 0 Å². The van der Waals surface area contributed by atoms with Crippen molar-refractivity contribution in [2.45, 2.75) is 70.8 Å². The standard InChI is InChI=1S/C15H30N2O2/c1-3-14(2,9-10-18)17-13(19)11-15(12-16)7-5-4-6-8-15/h18H,3-12,16H2,1-2H3,(H,17,19). The van der Waals surface area contributed by atoms with Gasteiger partial charge in [0.15, 0.2) is 0 Å². The van der Waals surface area contributed by atoms with E-state index in [4.69, 9.17) is 10.8 Å². The number of aliphatic hydroxyl groups excluding tert-OH is 1. The molecule has 1 amide bonds. The van der Waals surface area contributed by atoms with Gasteiger partial charge in [-0.1, -0.05) is 26.2 Å². The summed E-state index contributed by atoms with van der Waals surface area (Å²) >= 11 is 0. The van der Waals surface area contributed by atoms with Crippen LogP contribution in [-0.2, 0) is 4.79 Å². The molecule has 0 aromatic heterocycles. The largest absolute Gasteiger partial charge is 0.396 e. The second-order valence-electron chi connectivity index (χ2n) is 6.38. The maximum absolute atomic E-state index is 12.3. The number of rotatable bonds is 7. The van der Waals surface area contributed by atoms with E-state index in [0.717, 1.165) is 19.3 Å². The zero-order valence-corrected chi connectivity index (χ0v) is 12.5. The van der Waals surface area contributed by atoms with Gasteiger partial charge in [0.2, 0.25) is 5.91 Å². The lowest BCUT2D eigenvalue weighted by atomic mass is 9.71. The lowest BCUT2D eigenvalue weighted by Gasteiger charge is -2.37. The molecular formula is C15H30N2O2. The third-order valence-corrected chi connectivity index (χ3v) is 4.77. The molecular weight excluding hydrogens is 240 g/mol. The number of hydrogen-bond donors (Lipinski definition) is 3. The average Bonchev–Trinajstić information content (AvgIpc) is 2.39. The SMILES string of the molecule is CCC(C)(CCO)NC(=O)CC1(CN)CCCCC1. The van der Waals surface area contributed by atoms with Crippen molar-refractivity contribution in [1.82, 2.24) is 5.32 Å². The average molecular weight is 270 g/mol. The molecule has 0 radical (unpaired) electrons. The summed E-state index contributed by atoms with van der Waals surface area (Å²) in [6.45, 7) is 4.74. The highest BCUT2D eigenvalue weighted by Crippen LogP contribution is 2.38. The molecule has 0 aromatic carbocycles. The number of carbonyl (C=O) groups is 1. The maximum atomic E-state index is 12.3. The second-order valence-corrected chi connectivity index (χ2v) is 6.38. The third-order valence-electron chi connectivity index (χ3n) is 4.77. The summed E-state index contributed by atoms with van der Waals surface area (Å²) in [5.74, 6) is 0.0881. The minimum atomic E-state index is -0.295. The quantitative estimate of drug-likeness (QED) is 0.662. The highest BCUT2D eigenvalue weighted by molar-refractivity contribution is 5.77. The van der Waals surface area contributed by atoms with Crippen LogP contribution in [0, 0.1) is 5.41 Å². The van der Waals surface area contributed by atoms with Crippen molar-refractivity contribution in [3.63, 3.8) is 0 Å². The smallest absolute Gasteiger partial charge is 0.221 e. The Morgan fingerprint density at radius 2 is 2.00 bits per heavy atom. The second kappa shape index (κ2) is 7.25. The molecule has 1 aliphatic rings. The maximum Gasteiger partial charge on any atom is 0.221 e. The van der Waals surface area contributed by atoms with Crippen molar-refractivity contribution in [3.8, 4) is 0 Å². The molecule has 1 unspecified atom stereocenters. The summed E-state index contributed by atoms with van der Waals surface area (Å²) in [5.41, 5.74) is 5.64. The minimum absolute atomic E-state index is 0.0101. The van der Waals surface area contributed by atoms with Gasteiger partial charge in [-0.3, -0.25) is 4.79 Å². The number of hydrogen-bond acceptors (Lipinski definition) is 3. The number of carbonyl (C=O) groups excluding carboxylic acids is 1. The fourth-order valence-corrected chi connectivity index (χ4v) is 3.05. The van der Waals surface area contributed by atoms with Crippen molar-refractivity contribution in [1.29, 1.82) is 0 Å². The molecule has 0 aromatic rings. The van der Waals surface area contributed by atoms with E-state index in [2.05, 4.69) is 5.32 Å². The Bertz CT molecular complexity index is 288. The first-order valence-electron chi connectivity index (χ1n) is 7.61. The summed E-state index contributed by atoms with van der Waals surface area (Å²) in [5, 5.41) is 12.2. The van der Waals surface area contributed by atoms with Gasteiger partial charge in [-0.25, -0.2) is 0 Å². The van der Waals surface area contributed by atoms with Crippen LogP contribution in [0.4, 0.5) is 0 Å². The first-order chi connectivity index (χ1) is 8.99. The molecule has 1 rings (SSSR count). The predicted molar refractivity (Wildman–Crippen MR) is 77.7 cm³/mol. The van der Waals surface area contributed by atoms with Crippen LogP contribution < -0.4 is 11.1 Å². The van der Waals surface area contributed by atoms with Crippen LogP contribution in [0.5, 0.6) is 0 Å². The summed E-state index contributed by atoms with van der Waals surface area (Å²) in [4.78, 5) is 12.3. The Hall–Kier alpha value is -0.610. The molecule has 0 aliphatic heterocycles. The van der Waals surface area contributed by atoms with Crippen LogP contribution in [0.3, 0.4) is 0 Å². The molecule has 4 heteroatoms. The number of aliphatic hydroxyl groups is 1. The Kier molecular flexibility index (Phi) is 6.27. The fraction of sp³-hybridized carbons (Fsp3) is 0.933. The topological polar surface area (TPSA) is 75.3 Å². The third kappa shape index (κ3) is 4.77. The van der Waals surface area contributed by atoms with E-state index < -0.39 is 0 Å². The normalized spacial score (nSPS) is 21.7. The van der Waals surface area contributed by atoms with E-state index in [0.29, 0.717) is 19.4 Å². The first kappa shape index (κ1) is 16.4. The van der Waals surface area contributed by atoms with Gasteiger partial charge < -0.3 is 16.2 Å². The van der Waals surface area contributed by atoms with Gasteiger partial charge in [-0.2, -0.15) is 0 Å². The first-order valence-corrected chi connectivity index (χ1v) is 7.61. The van der Waals surface area contributed by atoms with E-state index in [9.17, 15) is 4.79 Å². The van der Waals surface area contributed by atoms with Crippen LogP contribution in [0.2, 0.25) is 0 Å². The summed E-state index contributed by atoms with van der Waals surface area (Å²) < 4.78 is 0. The Balaban J connectivity index is 2.57. The minimum Gasteiger partial charge on any atom is -0.396 e. The van der Waals surface area contributed by atoms with Crippen molar-refractivity contribution >= 4 is 5.91 Å². The van der Waals surface area contributed by atoms with Crippen molar-refractivity contribution in [3.05, 3.63) is 0 Å². The molecule has 0 spiro atoms. The van der Waals surface area contributed by atoms with Crippen molar-refractivity contribution in [2.75, 3.05) is 13.2 Å². The lowest BCUT2D eigenvalue weighted by Crippen LogP contribution is -2.48. The van der Waals surface area contributed by atoms with Crippen molar-refractivity contribution in [2.24, 2.45) is 11.1 Å². The van der Waals surface area contributed by atoms with Crippen LogP contribution in [0.1, 0.15) is 65.2 Å². The van der Waals surface area contributed by atoms with E-state index in [1.54, 1.807) is 0 Å². The predicted octanol–water partition coefficient (Wildman–Crippen LogP) is 1.95. The van der Waals surface area contributed by atoms with Gasteiger partial charge in [-0.05, 0) is 44.6 Å². The summed E-state index contributed by atoms with van der Waals surface area (Å²) in [7, 11) is 0. The van der Waals surface area contributed by atoms with E-state index in [1.807, 2.05) is 13.8 Å². The highest BCUT2D eigenvalue weighted by Gasteiger charge is 2.34. The lowest BCUT2D eigenvalue weighted by molar-refractivity contribution is -0.125. The van der Waals surface area contributed by atoms with Crippen LogP contribution in [0.15, 0.2) is 0 Å².